The standard InChI is InChI=1S/C24H16N4OS2/c29-23(31-24-27-18-13-7-8-14-21(18)30-24)28-22-25-19(16-9-3-1-4-10-16)15-20(26-22)17-11-5-2-6-12-17/h1-15H,(H,25,26,28,29). The van der Waals surface area contributed by atoms with E-state index in [-0.39, 0.29) is 11.2 Å². The number of nitrogens with one attached hydrogen (secondary N) is 1. The molecule has 2 heterocycles. The van der Waals surface area contributed by atoms with Crippen LogP contribution < -0.4 is 5.32 Å². The van der Waals surface area contributed by atoms with Crippen molar-refractivity contribution in [3.05, 3.63) is 91.0 Å². The topological polar surface area (TPSA) is 67.8 Å². The number of thioether (sulfide) groups is 1. The molecular weight excluding hydrogens is 424 g/mol. The van der Waals surface area contributed by atoms with Crippen molar-refractivity contribution in [3.63, 3.8) is 0 Å². The van der Waals surface area contributed by atoms with Crippen LogP contribution >= 0.6 is 23.1 Å². The summed E-state index contributed by atoms with van der Waals surface area (Å²) < 4.78 is 1.73. The zero-order chi connectivity index (χ0) is 21.0. The van der Waals surface area contributed by atoms with Crippen LogP contribution in [0.25, 0.3) is 32.7 Å². The Labute approximate surface area is 187 Å². The van der Waals surface area contributed by atoms with E-state index in [1.807, 2.05) is 91.0 Å². The van der Waals surface area contributed by atoms with Gasteiger partial charge in [0.05, 0.1) is 21.6 Å². The lowest BCUT2D eigenvalue weighted by molar-refractivity contribution is 0.269. The van der Waals surface area contributed by atoms with Crippen molar-refractivity contribution in [2.45, 2.75) is 4.34 Å². The van der Waals surface area contributed by atoms with Crippen LogP contribution in [-0.4, -0.2) is 20.2 Å². The number of benzene rings is 3. The molecule has 5 aromatic rings. The maximum Gasteiger partial charge on any atom is 0.292 e. The molecule has 0 bridgehead atoms. The maximum absolute atomic E-state index is 12.7. The third-order valence-corrected chi connectivity index (χ3v) is 6.42. The van der Waals surface area contributed by atoms with Crippen LogP contribution in [0.2, 0.25) is 0 Å². The van der Waals surface area contributed by atoms with Crippen molar-refractivity contribution in [2.24, 2.45) is 0 Å². The number of thiazole rings is 1. The largest absolute Gasteiger partial charge is 0.292 e. The number of carbonyl (C=O) groups is 1. The van der Waals surface area contributed by atoms with E-state index in [0.29, 0.717) is 4.34 Å². The van der Waals surface area contributed by atoms with Gasteiger partial charge in [0.15, 0.2) is 4.34 Å². The third-order valence-electron chi connectivity index (χ3n) is 4.53. The molecule has 2 aromatic heterocycles. The molecule has 7 heteroatoms. The summed E-state index contributed by atoms with van der Waals surface area (Å²) in [5.41, 5.74) is 4.29. The second-order valence-electron chi connectivity index (χ2n) is 6.66. The number of fused-ring (bicyclic) bond motifs is 1. The first-order valence-corrected chi connectivity index (χ1v) is 11.2. The molecule has 150 valence electrons. The quantitative estimate of drug-likeness (QED) is 0.313. The van der Waals surface area contributed by atoms with Crippen molar-refractivity contribution in [2.75, 3.05) is 5.32 Å². The normalized spacial score (nSPS) is 10.8. The SMILES string of the molecule is O=C(Nc1nc(-c2ccccc2)cc(-c2ccccc2)n1)Sc1nc2ccccc2s1. The van der Waals surface area contributed by atoms with Gasteiger partial charge in [-0.3, -0.25) is 10.1 Å². The molecule has 5 nitrogen and oxygen atoms in total. The molecule has 0 saturated carbocycles. The summed E-state index contributed by atoms with van der Waals surface area (Å²) >= 11 is 2.53. The summed E-state index contributed by atoms with van der Waals surface area (Å²) in [6, 6.07) is 29.5. The fourth-order valence-electron chi connectivity index (χ4n) is 3.11. The average molecular weight is 441 g/mol. The number of nitrogens with zero attached hydrogens (tertiary/aromatic N) is 3. The zero-order valence-electron chi connectivity index (χ0n) is 16.2. The first kappa shape index (κ1) is 19.4. The number of hydrogen-bond acceptors (Lipinski definition) is 6. The Kier molecular flexibility index (Phi) is 5.43. The minimum atomic E-state index is -0.275. The van der Waals surface area contributed by atoms with Gasteiger partial charge in [0.1, 0.15) is 0 Å². The van der Waals surface area contributed by atoms with Gasteiger partial charge in [0, 0.05) is 22.9 Å². The number of anilines is 1. The molecule has 0 aliphatic rings. The highest BCUT2D eigenvalue weighted by molar-refractivity contribution is 8.15. The van der Waals surface area contributed by atoms with Crippen molar-refractivity contribution in [1.82, 2.24) is 15.0 Å². The van der Waals surface area contributed by atoms with Crippen molar-refractivity contribution >= 4 is 44.5 Å². The number of aromatic nitrogens is 3. The Morgan fingerprint density at radius 1 is 0.742 bits per heavy atom. The highest BCUT2D eigenvalue weighted by Crippen LogP contribution is 2.31. The van der Waals surface area contributed by atoms with Gasteiger partial charge in [0.25, 0.3) is 5.24 Å². The molecule has 1 N–H and O–H groups in total. The van der Waals surface area contributed by atoms with Crippen LogP contribution in [0.4, 0.5) is 10.7 Å². The van der Waals surface area contributed by atoms with E-state index in [9.17, 15) is 4.79 Å². The Morgan fingerprint density at radius 2 is 1.32 bits per heavy atom. The minimum Gasteiger partial charge on any atom is -0.285 e. The van der Waals surface area contributed by atoms with Gasteiger partial charge >= 0.3 is 0 Å². The number of rotatable bonds is 4. The van der Waals surface area contributed by atoms with Gasteiger partial charge in [0.2, 0.25) is 5.95 Å². The molecule has 0 saturated heterocycles. The number of hydrogen-bond donors (Lipinski definition) is 1. The summed E-state index contributed by atoms with van der Waals surface area (Å²) in [7, 11) is 0. The fraction of sp³-hybridized carbons (Fsp3) is 0. The van der Waals surface area contributed by atoms with E-state index in [2.05, 4.69) is 20.3 Å². The summed E-state index contributed by atoms with van der Waals surface area (Å²) in [4.78, 5) is 26.4. The van der Waals surface area contributed by atoms with E-state index in [0.717, 1.165) is 44.5 Å². The molecule has 0 aliphatic heterocycles. The molecular formula is C24H16N4OS2. The number of carbonyl (C=O) groups excluding carboxylic acids is 1. The molecule has 3 aromatic carbocycles. The molecule has 0 radical (unpaired) electrons. The summed E-state index contributed by atoms with van der Waals surface area (Å²) in [6.07, 6.45) is 0. The fourth-order valence-corrected chi connectivity index (χ4v) is 4.91. The number of amides is 1. The Hall–Kier alpha value is -3.55. The van der Waals surface area contributed by atoms with Crippen LogP contribution in [0.15, 0.2) is 95.3 Å². The third kappa shape index (κ3) is 4.47. The van der Waals surface area contributed by atoms with Crippen molar-refractivity contribution in [3.8, 4) is 22.5 Å². The zero-order valence-corrected chi connectivity index (χ0v) is 17.9. The first-order chi connectivity index (χ1) is 15.2. The van der Waals surface area contributed by atoms with Gasteiger partial charge < -0.3 is 0 Å². The van der Waals surface area contributed by atoms with Gasteiger partial charge in [-0.2, -0.15) is 0 Å². The summed E-state index contributed by atoms with van der Waals surface area (Å²) in [5, 5.41) is 2.55. The molecule has 5 rings (SSSR count). The van der Waals surface area contributed by atoms with Gasteiger partial charge in [-0.15, -0.1) is 11.3 Å². The van der Waals surface area contributed by atoms with E-state index < -0.39 is 0 Å². The van der Waals surface area contributed by atoms with Crippen molar-refractivity contribution in [1.29, 1.82) is 0 Å². The van der Waals surface area contributed by atoms with E-state index in [4.69, 9.17) is 0 Å². The predicted octanol–water partition coefficient (Wildman–Crippen LogP) is 6.74. The number of para-hydroxylation sites is 1. The lowest BCUT2D eigenvalue weighted by Gasteiger charge is -2.09. The van der Waals surface area contributed by atoms with Gasteiger partial charge in [-0.25, -0.2) is 15.0 Å². The highest BCUT2D eigenvalue weighted by atomic mass is 32.2. The van der Waals surface area contributed by atoms with Crippen LogP contribution in [0.5, 0.6) is 0 Å². The Balaban J connectivity index is 1.45. The molecule has 0 atom stereocenters. The van der Waals surface area contributed by atoms with E-state index >= 15 is 0 Å². The van der Waals surface area contributed by atoms with E-state index in [1.54, 1.807) is 0 Å². The molecule has 0 unspecified atom stereocenters. The van der Waals surface area contributed by atoms with Gasteiger partial charge in [-0.05, 0) is 18.2 Å². The first-order valence-electron chi connectivity index (χ1n) is 9.59. The van der Waals surface area contributed by atoms with Crippen LogP contribution in [0.3, 0.4) is 0 Å². The molecule has 1 amide bonds. The minimum absolute atomic E-state index is 0.263. The second kappa shape index (κ2) is 8.67. The smallest absolute Gasteiger partial charge is 0.285 e. The second-order valence-corrected chi connectivity index (χ2v) is 8.91. The molecule has 0 aliphatic carbocycles. The summed E-state index contributed by atoms with van der Waals surface area (Å²) in [5.74, 6) is 0.263. The Morgan fingerprint density at radius 3 is 1.94 bits per heavy atom. The predicted molar refractivity (Wildman–Crippen MR) is 127 cm³/mol. The average Bonchev–Trinajstić information content (AvgIpc) is 3.22. The summed E-state index contributed by atoms with van der Waals surface area (Å²) in [6.45, 7) is 0. The molecule has 0 spiro atoms. The van der Waals surface area contributed by atoms with Crippen LogP contribution in [-0.2, 0) is 0 Å². The van der Waals surface area contributed by atoms with Crippen LogP contribution in [0, 0.1) is 0 Å². The maximum atomic E-state index is 12.7. The lowest BCUT2D eigenvalue weighted by atomic mass is 10.1. The molecule has 0 fully saturated rings. The Bertz CT molecular complexity index is 1260. The van der Waals surface area contributed by atoms with Crippen LogP contribution in [0.1, 0.15) is 0 Å². The van der Waals surface area contributed by atoms with E-state index in [1.165, 1.54) is 11.3 Å². The molecule has 31 heavy (non-hydrogen) atoms. The van der Waals surface area contributed by atoms with Gasteiger partial charge in [-0.1, -0.05) is 72.8 Å². The lowest BCUT2D eigenvalue weighted by Crippen LogP contribution is -2.09. The highest BCUT2D eigenvalue weighted by Gasteiger charge is 2.14. The monoisotopic (exact) mass is 440 g/mol. The van der Waals surface area contributed by atoms with Crippen molar-refractivity contribution < 1.29 is 4.79 Å².